The van der Waals surface area contributed by atoms with E-state index in [1.54, 1.807) is 53.4 Å². The molecule has 2 aromatic carbocycles. The van der Waals surface area contributed by atoms with Crippen molar-refractivity contribution in [2.24, 2.45) is 0 Å². The molecule has 0 saturated carbocycles. The molecule has 3 N–H and O–H groups in total. The highest BCUT2D eigenvalue weighted by Crippen LogP contribution is 2.22. The van der Waals surface area contributed by atoms with Gasteiger partial charge in [-0.15, -0.1) is 0 Å². The maximum absolute atomic E-state index is 12.3. The number of anilines is 1. The van der Waals surface area contributed by atoms with E-state index in [4.69, 9.17) is 23.8 Å². The van der Waals surface area contributed by atoms with Crippen LogP contribution in [0.1, 0.15) is 11.1 Å². The summed E-state index contributed by atoms with van der Waals surface area (Å²) in [5.41, 5.74) is 1.85. The van der Waals surface area contributed by atoms with Crippen molar-refractivity contribution >= 4 is 46.0 Å². The summed E-state index contributed by atoms with van der Waals surface area (Å²) in [4.78, 5) is 0.162. The van der Waals surface area contributed by atoms with Gasteiger partial charge >= 0.3 is 6.61 Å². The zero-order chi connectivity index (χ0) is 22.4. The number of aliphatic hydroxyl groups excluding tert-OH is 2. The lowest BCUT2D eigenvalue weighted by Gasteiger charge is -2.11. The lowest BCUT2D eigenvalue weighted by atomic mass is 10.1. The van der Waals surface area contributed by atoms with Gasteiger partial charge < -0.3 is 20.3 Å². The largest absolute Gasteiger partial charge is 0.502 e. The first-order valence-corrected chi connectivity index (χ1v) is 9.83. The minimum Gasteiger partial charge on any atom is -0.502 e. The van der Waals surface area contributed by atoms with Gasteiger partial charge in [-0.05, 0) is 54.6 Å². The van der Waals surface area contributed by atoms with Crippen LogP contribution in [0.5, 0.6) is 5.75 Å². The Morgan fingerprint density at radius 3 is 2.39 bits per heavy atom. The van der Waals surface area contributed by atoms with Gasteiger partial charge in [0.25, 0.3) is 5.70 Å². The van der Waals surface area contributed by atoms with Gasteiger partial charge in [-0.1, -0.05) is 23.8 Å². The number of aliphatic hydroxyl groups is 2. The SMILES string of the molecule is OCc1ccc[n+](/C(C(=S)Nc2ccc(OC(F)F)cc2)=C(/O)c2ccc(Cl)cc2)c1. The maximum Gasteiger partial charge on any atom is 0.387 e. The molecular weight excluding hydrogens is 446 g/mol. The first-order valence-electron chi connectivity index (χ1n) is 9.04. The number of pyridine rings is 1. The molecule has 31 heavy (non-hydrogen) atoms. The van der Waals surface area contributed by atoms with Crippen LogP contribution in [0.15, 0.2) is 73.1 Å². The number of alkyl halides is 2. The maximum atomic E-state index is 12.3. The van der Waals surface area contributed by atoms with Crippen LogP contribution in [0.3, 0.4) is 0 Å². The van der Waals surface area contributed by atoms with Crippen LogP contribution in [0, 0.1) is 0 Å². The molecule has 160 valence electrons. The molecular formula is C22H18ClF2N2O3S+. The second-order valence-corrected chi connectivity index (χ2v) is 7.18. The van der Waals surface area contributed by atoms with E-state index in [0.29, 0.717) is 21.8 Å². The second kappa shape index (κ2) is 10.3. The van der Waals surface area contributed by atoms with Crippen LogP contribution in [-0.4, -0.2) is 21.8 Å². The highest BCUT2D eigenvalue weighted by Gasteiger charge is 2.24. The number of halogens is 3. The zero-order valence-electron chi connectivity index (χ0n) is 16.0. The van der Waals surface area contributed by atoms with Crippen LogP contribution < -0.4 is 14.6 Å². The van der Waals surface area contributed by atoms with Gasteiger partial charge in [0.15, 0.2) is 23.1 Å². The summed E-state index contributed by atoms with van der Waals surface area (Å²) in [6.07, 6.45) is 3.31. The molecule has 9 heteroatoms. The zero-order valence-corrected chi connectivity index (χ0v) is 17.6. The Kier molecular flexibility index (Phi) is 7.51. The molecule has 3 rings (SSSR count). The van der Waals surface area contributed by atoms with Gasteiger partial charge in [-0.3, -0.25) is 0 Å². The molecule has 0 spiro atoms. The molecule has 0 atom stereocenters. The quantitative estimate of drug-likeness (QED) is 0.198. The van der Waals surface area contributed by atoms with Crippen molar-refractivity contribution in [2.75, 3.05) is 5.32 Å². The molecule has 5 nitrogen and oxygen atoms in total. The molecule has 0 aliphatic carbocycles. The van der Waals surface area contributed by atoms with Crippen molar-refractivity contribution in [3.63, 3.8) is 0 Å². The molecule has 0 bridgehead atoms. The fraction of sp³-hybridized carbons (Fsp3) is 0.0909. The van der Waals surface area contributed by atoms with Crippen LogP contribution in [0.2, 0.25) is 5.02 Å². The molecule has 1 aromatic heterocycles. The minimum atomic E-state index is -2.92. The predicted molar refractivity (Wildman–Crippen MR) is 119 cm³/mol. The first-order chi connectivity index (χ1) is 14.9. The summed E-state index contributed by atoms with van der Waals surface area (Å²) in [6, 6.07) is 15.8. The van der Waals surface area contributed by atoms with E-state index in [-0.39, 0.29) is 28.8 Å². The third-order valence-corrected chi connectivity index (χ3v) is 4.74. The van der Waals surface area contributed by atoms with Gasteiger partial charge in [0.2, 0.25) is 0 Å². The molecule has 0 fully saturated rings. The monoisotopic (exact) mass is 463 g/mol. The standard InChI is InChI=1S/C22H17ClF2N2O3S/c23-16-5-3-15(4-6-16)20(29)19(27-11-1-2-14(12-27)13-28)21(31)26-17-7-9-18(10-8-17)30-22(24)25/h1-12,22,28H,13H2,(H-,26,29,31)/p+1. The molecule has 0 aliphatic heterocycles. The Labute approximate surface area is 187 Å². The summed E-state index contributed by atoms with van der Waals surface area (Å²) in [7, 11) is 0. The molecule has 0 unspecified atom stereocenters. The van der Waals surface area contributed by atoms with Gasteiger partial charge in [-0.2, -0.15) is 13.3 Å². The predicted octanol–water partition coefficient (Wildman–Crippen LogP) is 5.04. The van der Waals surface area contributed by atoms with Crippen LogP contribution in [0.25, 0.3) is 11.5 Å². The number of nitrogens with zero attached hydrogens (tertiary/aromatic N) is 1. The van der Waals surface area contributed by atoms with Crippen molar-refractivity contribution in [1.82, 2.24) is 0 Å². The molecule has 0 amide bonds. The number of thiocarbonyl (C=S) groups is 1. The number of aromatic nitrogens is 1. The Morgan fingerprint density at radius 2 is 1.77 bits per heavy atom. The van der Waals surface area contributed by atoms with Gasteiger partial charge in [0, 0.05) is 27.9 Å². The van der Waals surface area contributed by atoms with E-state index in [1.165, 1.54) is 24.3 Å². The van der Waals surface area contributed by atoms with Crippen molar-refractivity contribution in [2.45, 2.75) is 13.2 Å². The number of hydrogen-bond donors (Lipinski definition) is 3. The van der Waals surface area contributed by atoms with Gasteiger partial charge in [-0.25, -0.2) is 0 Å². The Hall–Kier alpha value is -3.07. The fourth-order valence-corrected chi connectivity index (χ4v) is 3.20. The van der Waals surface area contributed by atoms with Crippen molar-refractivity contribution in [1.29, 1.82) is 0 Å². The van der Waals surface area contributed by atoms with Crippen LogP contribution in [-0.2, 0) is 6.61 Å². The number of benzene rings is 2. The van der Waals surface area contributed by atoms with E-state index < -0.39 is 6.61 Å². The Bertz CT molecular complexity index is 1090. The number of nitrogens with one attached hydrogen (secondary N) is 1. The Morgan fingerprint density at radius 1 is 1.10 bits per heavy atom. The number of ether oxygens (including phenoxy) is 1. The number of rotatable bonds is 7. The van der Waals surface area contributed by atoms with Crippen molar-refractivity contribution < 1.29 is 28.3 Å². The number of hydrogen-bond acceptors (Lipinski definition) is 4. The lowest BCUT2D eigenvalue weighted by Crippen LogP contribution is -2.39. The van der Waals surface area contributed by atoms with E-state index >= 15 is 0 Å². The third-order valence-electron chi connectivity index (χ3n) is 4.20. The average Bonchev–Trinajstić information content (AvgIpc) is 2.75. The van der Waals surface area contributed by atoms with E-state index in [0.717, 1.165) is 0 Å². The summed E-state index contributed by atoms with van der Waals surface area (Å²) >= 11 is 11.5. The molecule has 0 aliphatic rings. The van der Waals surface area contributed by atoms with Crippen molar-refractivity contribution in [3.05, 3.63) is 89.2 Å². The lowest BCUT2D eigenvalue weighted by molar-refractivity contribution is -0.576. The average molecular weight is 464 g/mol. The third kappa shape index (κ3) is 5.97. The summed E-state index contributed by atoms with van der Waals surface area (Å²) < 4.78 is 30.6. The molecule has 3 aromatic rings. The minimum absolute atomic E-state index is 0.0104. The fourth-order valence-electron chi connectivity index (χ4n) is 2.76. The molecule has 1 heterocycles. The van der Waals surface area contributed by atoms with Gasteiger partial charge in [0.05, 0.1) is 6.61 Å². The van der Waals surface area contributed by atoms with E-state index in [2.05, 4.69) is 10.1 Å². The molecule has 0 radical (unpaired) electrons. The Balaban J connectivity index is 1.98. The van der Waals surface area contributed by atoms with E-state index in [1.807, 2.05) is 0 Å². The van der Waals surface area contributed by atoms with E-state index in [9.17, 15) is 19.0 Å². The molecule has 0 saturated heterocycles. The highest BCUT2D eigenvalue weighted by atomic mass is 35.5. The first kappa shape index (κ1) is 22.6. The van der Waals surface area contributed by atoms with Gasteiger partial charge in [0.1, 0.15) is 5.75 Å². The smallest absolute Gasteiger partial charge is 0.387 e. The van der Waals surface area contributed by atoms with Crippen LogP contribution >= 0.6 is 23.8 Å². The normalized spacial score (nSPS) is 11.8. The second-order valence-electron chi connectivity index (χ2n) is 6.34. The summed E-state index contributed by atoms with van der Waals surface area (Å²) in [6.45, 7) is -3.11. The van der Waals surface area contributed by atoms with Crippen LogP contribution in [0.4, 0.5) is 14.5 Å². The highest BCUT2D eigenvalue weighted by molar-refractivity contribution is 7.81. The van der Waals surface area contributed by atoms with Crippen molar-refractivity contribution in [3.8, 4) is 5.75 Å². The topological polar surface area (TPSA) is 65.6 Å². The summed E-state index contributed by atoms with van der Waals surface area (Å²) in [5.74, 6) is -0.108. The summed E-state index contributed by atoms with van der Waals surface area (Å²) in [5, 5.41) is 24.0.